The Labute approximate surface area is 172 Å². The number of allylic oxidation sites excluding steroid dienone is 1. The highest BCUT2D eigenvalue weighted by Crippen LogP contribution is 2.18. The highest BCUT2D eigenvalue weighted by molar-refractivity contribution is 5.96. The van der Waals surface area contributed by atoms with Gasteiger partial charge in [-0.25, -0.2) is 0 Å². The van der Waals surface area contributed by atoms with Crippen LogP contribution in [0, 0.1) is 5.92 Å². The van der Waals surface area contributed by atoms with Gasteiger partial charge < -0.3 is 15.4 Å². The van der Waals surface area contributed by atoms with E-state index in [0.29, 0.717) is 24.1 Å². The molecule has 160 valence electrons. The third kappa shape index (κ3) is 7.27. The molecule has 2 N–H and O–H groups in total. The normalized spacial score (nSPS) is 12.6. The van der Waals surface area contributed by atoms with Crippen LogP contribution in [0.1, 0.15) is 19.4 Å². The van der Waals surface area contributed by atoms with E-state index in [4.69, 9.17) is 4.74 Å². The zero-order valence-corrected chi connectivity index (χ0v) is 16.6. The van der Waals surface area contributed by atoms with Crippen LogP contribution in [0.5, 0.6) is 5.75 Å². The van der Waals surface area contributed by atoms with Gasteiger partial charge in [0.2, 0.25) is 5.91 Å². The number of rotatable bonds is 9. The minimum atomic E-state index is -4.95. The lowest BCUT2D eigenvalue weighted by atomic mass is 10.0. The van der Waals surface area contributed by atoms with Crippen LogP contribution in [0.25, 0.3) is 0 Å². The predicted octanol–water partition coefficient (Wildman–Crippen LogP) is 4.46. The number of amides is 1. The molecule has 1 amide bonds. The van der Waals surface area contributed by atoms with Crippen molar-refractivity contribution in [1.82, 2.24) is 5.32 Å². The summed E-state index contributed by atoms with van der Waals surface area (Å²) in [7, 11) is 0. The summed E-state index contributed by atoms with van der Waals surface area (Å²) in [6.45, 7) is 3.88. The van der Waals surface area contributed by atoms with Crippen LogP contribution in [-0.2, 0) is 16.2 Å². The maximum atomic E-state index is 12.5. The fourth-order valence-corrected chi connectivity index (χ4v) is 2.49. The van der Waals surface area contributed by atoms with Gasteiger partial charge in [-0.2, -0.15) is 13.2 Å². The Morgan fingerprint density at radius 1 is 1.03 bits per heavy atom. The van der Waals surface area contributed by atoms with Gasteiger partial charge in [0.05, 0.1) is 0 Å². The van der Waals surface area contributed by atoms with Crippen molar-refractivity contribution in [1.29, 1.82) is 0 Å². The molecule has 1 atom stereocenters. The monoisotopic (exact) mass is 420 g/mol. The molecule has 0 aliphatic rings. The predicted molar refractivity (Wildman–Crippen MR) is 108 cm³/mol. The Bertz CT molecular complexity index is 863. The first-order valence-corrected chi connectivity index (χ1v) is 9.28. The first-order valence-electron chi connectivity index (χ1n) is 9.28. The molecule has 0 bridgehead atoms. The molecule has 0 radical (unpaired) electrons. The summed E-state index contributed by atoms with van der Waals surface area (Å²) < 4.78 is 42.4. The number of carbonyl (C=O) groups excluding carboxylic acids is 2. The minimum absolute atomic E-state index is 0.232. The second-order valence-corrected chi connectivity index (χ2v) is 6.87. The van der Waals surface area contributed by atoms with Crippen molar-refractivity contribution in [2.75, 3.05) is 5.32 Å². The Balaban J connectivity index is 1.92. The van der Waals surface area contributed by atoms with Crippen molar-refractivity contribution in [2.24, 2.45) is 5.92 Å². The van der Waals surface area contributed by atoms with Gasteiger partial charge in [-0.05, 0) is 35.7 Å². The van der Waals surface area contributed by atoms with Gasteiger partial charge in [-0.1, -0.05) is 44.2 Å². The van der Waals surface area contributed by atoms with E-state index in [-0.39, 0.29) is 5.92 Å². The summed E-state index contributed by atoms with van der Waals surface area (Å²) in [6, 6.07) is 15.6. The molecule has 0 aromatic heterocycles. The topological polar surface area (TPSA) is 67.4 Å². The van der Waals surface area contributed by atoms with Crippen LogP contribution in [-0.4, -0.2) is 23.9 Å². The zero-order valence-electron chi connectivity index (χ0n) is 16.6. The Morgan fingerprint density at radius 2 is 1.67 bits per heavy atom. The van der Waals surface area contributed by atoms with Crippen molar-refractivity contribution < 1.29 is 27.5 Å². The van der Waals surface area contributed by atoms with Gasteiger partial charge in [-0.3, -0.25) is 9.59 Å². The SMILES string of the molecule is CC(C)C(NC=CC(=O)C(F)(F)F)C(=O)Nc1ccc(OCc2ccccc2)cc1. The van der Waals surface area contributed by atoms with E-state index >= 15 is 0 Å². The Morgan fingerprint density at radius 3 is 2.23 bits per heavy atom. The molecule has 2 aromatic rings. The van der Waals surface area contributed by atoms with Crippen LogP contribution in [0.4, 0.5) is 18.9 Å². The van der Waals surface area contributed by atoms with Gasteiger partial charge in [0.15, 0.2) is 0 Å². The number of anilines is 1. The third-order valence-electron chi connectivity index (χ3n) is 4.11. The van der Waals surface area contributed by atoms with Crippen LogP contribution in [0.2, 0.25) is 0 Å². The summed E-state index contributed by atoms with van der Waals surface area (Å²) in [5.74, 6) is -2.04. The lowest BCUT2D eigenvalue weighted by molar-refractivity contribution is -0.165. The van der Waals surface area contributed by atoms with Crippen molar-refractivity contribution in [2.45, 2.75) is 32.7 Å². The van der Waals surface area contributed by atoms with Crippen LogP contribution in [0.15, 0.2) is 66.9 Å². The molecule has 0 aliphatic carbocycles. The fourth-order valence-electron chi connectivity index (χ4n) is 2.49. The number of hydrogen-bond acceptors (Lipinski definition) is 4. The highest BCUT2D eigenvalue weighted by atomic mass is 19.4. The maximum absolute atomic E-state index is 12.5. The largest absolute Gasteiger partial charge is 0.489 e. The maximum Gasteiger partial charge on any atom is 0.454 e. The molecule has 0 fully saturated rings. The second kappa shape index (κ2) is 10.5. The second-order valence-electron chi connectivity index (χ2n) is 6.87. The van der Waals surface area contributed by atoms with Crippen molar-refractivity contribution >= 4 is 17.4 Å². The molecule has 30 heavy (non-hydrogen) atoms. The number of hydrogen-bond donors (Lipinski definition) is 2. The van der Waals surface area contributed by atoms with Crippen LogP contribution < -0.4 is 15.4 Å². The molecule has 5 nitrogen and oxygen atoms in total. The molecule has 2 aromatic carbocycles. The quantitative estimate of drug-likeness (QED) is 0.588. The third-order valence-corrected chi connectivity index (χ3v) is 4.11. The molecular weight excluding hydrogens is 397 g/mol. The summed E-state index contributed by atoms with van der Waals surface area (Å²) in [6.07, 6.45) is -3.74. The van der Waals surface area contributed by atoms with Gasteiger partial charge in [0.25, 0.3) is 5.78 Å². The number of halogens is 3. The molecule has 8 heteroatoms. The molecular formula is C22H23F3N2O3. The van der Waals surface area contributed by atoms with Crippen molar-refractivity contribution in [3.05, 3.63) is 72.4 Å². The van der Waals surface area contributed by atoms with Gasteiger partial charge in [0, 0.05) is 18.0 Å². The van der Waals surface area contributed by atoms with E-state index in [9.17, 15) is 22.8 Å². The number of ketones is 1. The smallest absolute Gasteiger partial charge is 0.454 e. The number of ether oxygens (including phenoxy) is 1. The first kappa shape index (κ1) is 23.0. The molecule has 0 saturated heterocycles. The molecule has 0 saturated carbocycles. The zero-order chi connectivity index (χ0) is 22.1. The van der Waals surface area contributed by atoms with E-state index in [2.05, 4.69) is 10.6 Å². The van der Waals surface area contributed by atoms with Gasteiger partial charge >= 0.3 is 6.18 Å². The molecule has 2 rings (SSSR count). The summed E-state index contributed by atoms with van der Waals surface area (Å²) in [5.41, 5.74) is 1.53. The number of carbonyl (C=O) groups is 2. The van der Waals surface area contributed by atoms with E-state index in [1.54, 1.807) is 38.1 Å². The number of nitrogens with one attached hydrogen (secondary N) is 2. The average Bonchev–Trinajstić information content (AvgIpc) is 2.70. The lowest BCUT2D eigenvalue weighted by Gasteiger charge is -2.20. The summed E-state index contributed by atoms with van der Waals surface area (Å²) in [4.78, 5) is 23.4. The van der Waals surface area contributed by atoms with Gasteiger partial charge in [0.1, 0.15) is 18.4 Å². The number of benzene rings is 2. The van der Waals surface area contributed by atoms with Crippen LogP contribution in [0.3, 0.4) is 0 Å². The fraction of sp³-hybridized carbons (Fsp3) is 0.273. The van der Waals surface area contributed by atoms with E-state index in [1.807, 2.05) is 30.3 Å². The van der Waals surface area contributed by atoms with Gasteiger partial charge in [-0.15, -0.1) is 0 Å². The Kier molecular flexibility index (Phi) is 8.03. The number of alkyl halides is 3. The summed E-state index contributed by atoms with van der Waals surface area (Å²) in [5, 5.41) is 5.25. The average molecular weight is 420 g/mol. The Hall–Kier alpha value is -3.29. The highest BCUT2D eigenvalue weighted by Gasteiger charge is 2.36. The molecule has 0 spiro atoms. The van der Waals surface area contributed by atoms with Crippen molar-refractivity contribution in [3.63, 3.8) is 0 Å². The first-order chi connectivity index (χ1) is 14.2. The lowest BCUT2D eigenvalue weighted by Crippen LogP contribution is -2.42. The van der Waals surface area contributed by atoms with E-state index in [1.165, 1.54) is 0 Å². The molecule has 0 heterocycles. The van der Waals surface area contributed by atoms with Crippen molar-refractivity contribution in [3.8, 4) is 5.75 Å². The molecule has 0 aliphatic heterocycles. The molecule has 1 unspecified atom stereocenters. The standard InChI is InChI=1S/C22H23F3N2O3/c1-15(2)20(26-13-12-19(28)22(23,24)25)21(29)27-17-8-10-18(11-9-17)30-14-16-6-4-3-5-7-16/h3-13,15,20,26H,14H2,1-2H3,(H,27,29). The van der Waals surface area contributed by atoms with E-state index in [0.717, 1.165) is 11.8 Å². The minimum Gasteiger partial charge on any atom is -0.489 e. The van der Waals surface area contributed by atoms with E-state index < -0.39 is 23.9 Å². The van der Waals surface area contributed by atoms with Crippen LogP contribution >= 0.6 is 0 Å². The summed E-state index contributed by atoms with van der Waals surface area (Å²) >= 11 is 0.